The van der Waals surface area contributed by atoms with Gasteiger partial charge in [-0.05, 0) is 42.8 Å². The molecule has 0 aliphatic heterocycles. The Labute approximate surface area is 202 Å². The summed E-state index contributed by atoms with van der Waals surface area (Å²) in [7, 11) is -3.80. The van der Waals surface area contributed by atoms with Crippen LogP contribution < -0.4 is 5.56 Å². The number of hydrogen-bond donors (Lipinski definition) is 0. The van der Waals surface area contributed by atoms with Crippen molar-refractivity contribution in [3.05, 3.63) is 90.8 Å². The summed E-state index contributed by atoms with van der Waals surface area (Å²) in [5.74, 6) is -1.08. The van der Waals surface area contributed by atoms with Crippen molar-refractivity contribution in [2.24, 2.45) is 0 Å². The number of ketones is 1. The van der Waals surface area contributed by atoms with Gasteiger partial charge in [0.2, 0.25) is 0 Å². The summed E-state index contributed by atoms with van der Waals surface area (Å²) in [6, 6.07) is 10.6. The van der Waals surface area contributed by atoms with Crippen molar-refractivity contribution in [3.8, 4) is 5.82 Å². The molecule has 12 heteroatoms. The molecule has 0 spiro atoms. The van der Waals surface area contributed by atoms with Crippen LogP contribution in [-0.2, 0) is 21.1 Å². The molecule has 0 radical (unpaired) electrons. The van der Waals surface area contributed by atoms with Crippen LogP contribution in [0.5, 0.6) is 0 Å². The highest BCUT2D eigenvalue weighted by Gasteiger charge is 2.22. The van der Waals surface area contributed by atoms with Gasteiger partial charge < -0.3 is 0 Å². The number of hydrogen-bond acceptors (Lipinski definition) is 8. The Hall–Kier alpha value is -3.41. The van der Waals surface area contributed by atoms with Crippen LogP contribution in [0.2, 0.25) is 4.34 Å². The molecule has 0 saturated heterocycles. The number of nitrogens with zero attached hydrogens (tertiary/aromatic N) is 3. The third-order valence-electron chi connectivity index (χ3n) is 5.01. The van der Waals surface area contributed by atoms with Gasteiger partial charge in [-0.3, -0.25) is 24.3 Å². The fourth-order valence-electron chi connectivity index (χ4n) is 3.44. The third-order valence-corrected chi connectivity index (χ3v) is 8.50. The number of benzene rings is 1. The van der Waals surface area contributed by atoms with Gasteiger partial charge in [-0.25, -0.2) is 13.4 Å². The van der Waals surface area contributed by atoms with Gasteiger partial charge >= 0.3 is 0 Å². The molecule has 0 aliphatic carbocycles. The second kappa shape index (κ2) is 9.09. The molecule has 0 unspecified atom stereocenters. The van der Waals surface area contributed by atoms with E-state index in [0.29, 0.717) is 9.90 Å². The Morgan fingerprint density at radius 2 is 1.94 bits per heavy atom. The maximum absolute atomic E-state index is 12.9. The van der Waals surface area contributed by atoms with E-state index in [4.69, 9.17) is 11.6 Å². The summed E-state index contributed by atoms with van der Waals surface area (Å²) in [5, 5.41) is 12.0. The monoisotopic (exact) mass is 517 g/mol. The highest BCUT2D eigenvalue weighted by molar-refractivity contribution is 7.94. The number of aromatic nitrogens is 2. The maximum Gasteiger partial charge on any atom is 0.293 e. The number of halogens is 1. The first-order valence-electron chi connectivity index (χ1n) is 9.80. The standard InChI is InChI=1S/C22H16ClN3O6S2/c1-13-2-4-16-17(8-13)18(26(29)30)11-25(22(16)28)20-6-3-14(10-24-20)9-15(27)12-34(31,32)21-7-5-19(23)33-21/h2-8,10-11H,9,12H2,1H3. The van der Waals surface area contributed by atoms with Gasteiger partial charge in [0, 0.05) is 12.6 Å². The predicted molar refractivity (Wildman–Crippen MR) is 129 cm³/mol. The Balaban J connectivity index is 1.60. The summed E-state index contributed by atoms with van der Waals surface area (Å²) in [5.41, 5.74) is 0.507. The highest BCUT2D eigenvalue weighted by Crippen LogP contribution is 2.27. The first-order valence-corrected chi connectivity index (χ1v) is 12.7. The number of sulfone groups is 1. The van der Waals surface area contributed by atoms with Gasteiger partial charge in [0.15, 0.2) is 15.6 Å². The number of pyridine rings is 2. The first-order chi connectivity index (χ1) is 16.0. The number of rotatable bonds is 7. The average Bonchev–Trinajstić information content (AvgIpc) is 3.21. The van der Waals surface area contributed by atoms with Gasteiger partial charge in [-0.15, -0.1) is 11.3 Å². The van der Waals surface area contributed by atoms with E-state index in [9.17, 15) is 28.1 Å². The van der Waals surface area contributed by atoms with Crippen molar-refractivity contribution in [2.75, 3.05) is 5.75 Å². The van der Waals surface area contributed by atoms with Gasteiger partial charge in [0.25, 0.3) is 11.2 Å². The van der Waals surface area contributed by atoms with Gasteiger partial charge in [-0.2, -0.15) is 0 Å². The summed E-state index contributed by atoms with van der Waals surface area (Å²) in [4.78, 5) is 40.5. The molecule has 9 nitrogen and oxygen atoms in total. The van der Waals surface area contributed by atoms with Crippen LogP contribution >= 0.6 is 22.9 Å². The first kappa shape index (κ1) is 23.7. The van der Waals surface area contributed by atoms with Crippen LogP contribution in [0.1, 0.15) is 11.1 Å². The molecule has 0 amide bonds. The highest BCUT2D eigenvalue weighted by atomic mass is 35.5. The number of carbonyl (C=O) groups excluding carboxylic acids is 1. The van der Waals surface area contributed by atoms with E-state index in [1.165, 1.54) is 36.5 Å². The van der Waals surface area contributed by atoms with Crippen LogP contribution in [-0.4, -0.2) is 34.4 Å². The maximum atomic E-state index is 12.9. The number of nitro groups is 1. The number of fused-ring (bicyclic) bond motifs is 1. The number of carbonyl (C=O) groups is 1. The molecule has 1 aromatic carbocycles. The minimum atomic E-state index is -3.80. The number of thiophene rings is 1. The lowest BCUT2D eigenvalue weighted by Gasteiger charge is -2.09. The minimum Gasteiger partial charge on any atom is -0.298 e. The van der Waals surface area contributed by atoms with Crippen LogP contribution in [0.4, 0.5) is 5.69 Å². The van der Waals surface area contributed by atoms with E-state index < -0.39 is 31.9 Å². The molecule has 3 heterocycles. The molecule has 34 heavy (non-hydrogen) atoms. The molecule has 0 N–H and O–H groups in total. The molecule has 4 aromatic rings. The normalized spacial score (nSPS) is 11.6. The summed E-state index contributed by atoms with van der Waals surface area (Å²) in [6.45, 7) is 1.77. The SMILES string of the molecule is Cc1ccc2c(=O)n(-c3ccc(CC(=O)CS(=O)(=O)c4ccc(Cl)s4)cn3)cc([N+](=O)[O-])c2c1. The molecule has 0 saturated carbocycles. The largest absolute Gasteiger partial charge is 0.298 e. The fraction of sp³-hybridized carbons (Fsp3) is 0.136. The van der Waals surface area contributed by atoms with E-state index in [2.05, 4.69) is 4.98 Å². The molecule has 0 bridgehead atoms. The number of Topliss-reactive ketones (excluding diaryl/α,β-unsaturated/α-hetero) is 1. The van der Waals surface area contributed by atoms with Crippen molar-refractivity contribution in [1.29, 1.82) is 0 Å². The predicted octanol–water partition coefficient (Wildman–Crippen LogP) is 3.90. The molecule has 4 rings (SSSR count). The van der Waals surface area contributed by atoms with E-state index in [0.717, 1.165) is 27.7 Å². The lowest BCUT2D eigenvalue weighted by molar-refractivity contribution is -0.383. The summed E-state index contributed by atoms with van der Waals surface area (Å²) >= 11 is 6.66. The Bertz CT molecular complexity index is 1610. The average molecular weight is 518 g/mol. The van der Waals surface area contributed by atoms with Gasteiger partial charge in [0.1, 0.15) is 15.8 Å². The Kier molecular flexibility index (Phi) is 6.34. The molecule has 0 atom stereocenters. The third kappa shape index (κ3) is 4.76. The van der Waals surface area contributed by atoms with Crippen molar-refractivity contribution < 1.29 is 18.1 Å². The zero-order chi connectivity index (χ0) is 24.6. The van der Waals surface area contributed by atoms with Crippen LogP contribution in [0.3, 0.4) is 0 Å². The smallest absolute Gasteiger partial charge is 0.293 e. The van der Waals surface area contributed by atoms with Crippen molar-refractivity contribution in [1.82, 2.24) is 9.55 Å². The van der Waals surface area contributed by atoms with Gasteiger partial charge in [0.05, 0.1) is 26.2 Å². The van der Waals surface area contributed by atoms with Crippen LogP contribution in [0.25, 0.3) is 16.6 Å². The molecule has 3 aromatic heterocycles. The van der Waals surface area contributed by atoms with E-state index in [1.54, 1.807) is 19.1 Å². The lowest BCUT2D eigenvalue weighted by Crippen LogP contribution is -2.20. The second-order valence-corrected chi connectivity index (χ2v) is 11.5. The van der Waals surface area contributed by atoms with Crippen molar-refractivity contribution in [3.63, 3.8) is 0 Å². The van der Waals surface area contributed by atoms with E-state index in [-0.39, 0.29) is 32.9 Å². The van der Waals surface area contributed by atoms with E-state index >= 15 is 0 Å². The Morgan fingerprint density at radius 3 is 2.56 bits per heavy atom. The molecular formula is C22H16ClN3O6S2. The Morgan fingerprint density at radius 1 is 1.18 bits per heavy atom. The van der Waals surface area contributed by atoms with Crippen LogP contribution in [0.15, 0.2) is 63.9 Å². The van der Waals surface area contributed by atoms with Gasteiger partial charge in [-0.1, -0.05) is 29.3 Å². The van der Waals surface area contributed by atoms with Crippen molar-refractivity contribution in [2.45, 2.75) is 17.6 Å². The molecule has 0 aliphatic rings. The molecule has 0 fully saturated rings. The second-order valence-electron chi connectivity index (χ2n) is 7.55. The fourth-order valence-corrected chi connectivity index (χ4v) is 6.25. The summed E-state index contributed by atoms with van der Waals surface area (Å²) in [6.07, 6.45) is 2.27. The molecular weight excluding hydrogens is 502 g/mol. The molecule has 174 valence electrons. The zero-order valence-corrected chi connectivity index (χ0v) is 20.0. The van der Waals surface area contributed by atoms with Crippen molar-refractivity contribution >= 4 is 55.0 Å². The lowest BCUT2D eigenvalue weighted by atomic mass is 10.1. The quantitative estimate of drug-likeness (QED) is 0.268. The number of aryl methyl sites for hydroxylation is 1. The zero-order valence-electron chi connectivity index (χ0n) is 17.6. The minimum absolute atomic E-state index is 0.0202. The topological polar surface area (TPSA) is 129 Å². The van der Waals surface area contributed by atoms with Crippen LogP contribution in [0, 0.1) is 17.0 Å². The summed E-state index contributed by atoms with van der Waals surface area (Å²) < 4.78 is 26.1. The van der Waals surface area contributed by atoms with E-state index in [1.807, 2.05) is 0 Å².